The summed E-state index contributed by atoms with van der Waals surface area (Å²) in [4.78, 5) is 15.7. The van der Waals surface area contributed by atoms with Gasteiger partial charge in [-0.1, -0.05) is 6.42 Å². The lowest BCUT2D eigenvalue weighted by molar-refractivity contribution is -0.139. The number of nitrogens with zero attached hydrogens (tertiary/aromatic N) is 2. The molecule has 0 spiro atoms. The Morgan fingerprint density at radius 2 is 2.12 bits per heavy atom. The molecule has 2 atom stereocenters. The highest BCUT2D eigenvalue weighted by Gasteiger charge is 2.33. The van der Waals surface area contributed by atoms with Crippen molar-refractivity contribution in [2.45, 2.75) is 44.2 Å². The molecule has 0 saturated carbocycles. The maximum Gasteiger partial charge on any atom is 0.304 e. The number of carbonyl (C=O) groups is 1. The van der Waals surface area contributed by atoms with Crippen LogP contribution in [0.5, 0.6) is 0 Å². The summed E-state index contributed by atoms with van der Waals surface area (Å²) in [6, 6.07) is 0.873. The summed E-state index contributed by atoms with van der Waals surface area (Å²) in [5.74, 6) is -0.650. The summed E-state index contributed by atoms with van der Waals surface area (Å²) in [6.45, 7) is 3.35. The molecule has 2 aliphatic rings. The van der Waals surface area contributed by atoms with Gasteiger partial charge in [0.05, 0.1) is 6.42 Å². The fraction of sp³-hybridized carbons (Fsp3) is 0.917. The highest BCUT2D eigenvalue weighted by Crippen LogP contribution is 2.25. The summed E-state index contributed by atoms with van der Waals surface area (Å²) in [6.07, 6.45) is 5.01. The van der Waals surface area contributed by atoms with Crippen molar-refractivity contribution in [2.75, 3.05) is 26.7 Å². The van der Waals surface area contributed by atoms with E-state index in [1.54, 1.807) is 0 Å². The Kier molecular flexibility index (Phi) is 3.82. The van der Waals surface area contributed by atoms with Gasteiger partial charge in [0, 0.05) is 18.6 Å². The van der Waals surface area contributed by atoms with Gasteiger partial charge < -0.3 is 10.0 Å². The van der Waals surface area contributed by atoms with E-state index in [9.17, 15) is 4.79 Å². The van der Waals surface area contributed by atoms with E-state index >= 15 is 0 Å². The van der Waals surface area contributed by atoms with Gasteiger partial charge in [-0.15, -0.1) is 0 Å². The first-order chi connectivity index (χ1) is 7.66. The molecule has 2 unspecified atom stereocenters. The maximum absolute atomic E-state index is 10.9. The summed E-state index contributed by atoms with van der Waals surface area (Å²) >= 11 is 0. The molecule has 2 saturated heterocycles. The molecule has 2 aliphatic heterocycles. The molecule has 0 aromatic heterocycles. The minimum Gasteiger partial charge on any atom is -0.481 e. The van der Waals surface area contributed by atoms with E-state index < -0.39 is 5.97 Å². The van der Waals surface area contributed by atoms with Gasteiger partial charge in [0.1, 0.15) is 0 Å². The third kappa shape index (κ3) is 2.74. The van der Waals surface area contributed by atoms with Crippen molar-refractivity contribution in [2.24, 2.45) is 0 Å². The van der Waals surface area contributed by atoms with Crippen LogP contribution in [0.4, 0.5) is 0 Å². The molecule has 2 rings (SSSR count). The zero-order chi connectivity index (χ0) is 11.5. The molecule has 0 amide bonds. The predicted molar refractivity (Wildman–Crippen MR) is 62.5 cm³/mol. The molecule has 2 fully saturated rings. The Hall–Kier alpha value is -0.610. The van der Waals surface area contributed by atoms with E-state index in [0.717, 1.165) is 26.1 Å². The average molecular weight is 226 g/mol. The molecular weight excluding hydrogens is 204 g/mol. The number of likely N-dealkylation sites (tertiary alicyclic amines) is 2. The first kappa shape index (κ1) is 11.9. The van der Waals surface area contributed by atoms with Gasteiger partial charge in [-0.05, 0) is 39.4 Å². The first-order valence-corrected chi connectivity index (χ1v) is 6.33. The van der Waals surface area contributed by atoms with E-state index in [4.69, 9.17) is 5.11 Å². The number of rotatable bonds is 3. The van der Waals surface area contributed by atoms with Crippen LogP contribution in [0, 0.1) is 0 Å². The normalized spacial score (nSPS) is 33.1. The van der Waals surface area contributed by atoms with Crippen molar-refractivity contribution in [1.82, 2.24) is 9.80 Å². The summed E-state index contributed by atoms with van der Waals surface area (Å²) in [5.41, 5.74) is 0. The van der Waals surface area contributed by atoms with Crippen LogP contribution in [0.25, 0.3) is 0 Å². The van der Waals surface area contributed by atoms with Crippen LogP contribution in [0.1, 0.15) is 32.1 Å². The third-order valence-electron chi connectivity index (χ3n) is 3.92. The smallest absolute Gasteiger partial charge is 0.304 e. The molecule has 0 bridgehead atoms. The number of hydrogen-bond donors (Lipinski definition) is 1. The van der Waals surface area contributed by atoms with Gasteiger partial charge in [-0.3, -0.25) is 9.69 Å². The molecule has 4 nitrogen and oxygen atoms in total. The van der Waals surface area contributed by atoms with E-state index in [1.807, 2.05) is 0 Å². The van der Waals surface area contributed by atoms with Crippen LogP contribution >= 0.6 is 0 Å². The van der Waals surface area contributed by atoms with Gasteiger partial charge in [-0.25, -0.2) is 0 Å². The molecule has 2 heterocycles. The predicted octanol–water partition coefficient (Wildman–Crippen LogP) is 1.02. The Labute approximate surface area is 97.2 Å². The Morgan fingerprint density at radius 1 is 1.31 bits per heavy atom. The van der Waals surface area contributed by atoms with Crippen molar-refractivity contribution in [3.63, 3.8) is 0 Å². The van der Waals surface area contributed by atoms with Crippen molar-refractivity contribution < 1.29 is 9.90 Å². The van der Waals surface area contributed by atoms with Crippen molar-refractivity contribution in [3.8, 4) is 0 Å². The van der Waals surface area contributed by atoms with Gasteiger partial charge in [0.15, 0.2) is 0 Å². The van der Waals surface area contributed by atoms with Crippen LogP contribution in [-0.2, 0) is 4.79 Å². The number of piperidine rings is 1. The quantitative estimate of drug-likeness (QED) is 0.780. The van der Waals surface area contributed by atoms with Crippen LogP contribution in [0.3, 0.4) is 0 Å². The zero-order valence-corrected chi connectivity index (χ0v) is 10.1. The van der Waals surface area contributed by atoms with E-state index in [2.05, 4.69) is 16.8 Å². The largest absolute Gasteiger partial charge is 0.481 e. The van der Waals surface area contributed by atoms with Crippen LogP contribution in [0.15, 0.2) is 0 Å². The van der Waals surface area contributed by atoms with Crippen molar-refractivity contribution >= 4 is 5.97 Å². The molecule has 1 N–H and O–H groups in total. The van der Waals surface area contributed by atoms with Crippen LogP contribution < -0.4 is 0 Å². The zero-order valence-electron chi connectivity index (χ0n) is 10.1. The lowest BCUT2D eigenvalue weighted by atomic mass is 9.97. The molecule has 92 valence electrons. The summed E-state index contributed by atoms with van der Waals surface area (Å²) in [7, 11) is 2.15. The number of likely N-dealkylation sites (N-methyl/N-ethyl adjacent to an activating group) is 1. The summed E-state index contributed by atoms with van der Waals surface area (Å²) in [5, 5.41) is 8.94. The molecule has 16 heavy (non-hydrogen) atoms. The van der Waals surface area contributed by atoms with E-state index in [0.29, 0.717) is 12.5 Å². The molecule has 0 aliphatic carbocycles. The monoisotopic (exact) mass is 226 g/mol. The number of hydrogen-bond acceptors (Lipinski definition) is 3. The minimum atomic E-state index is -0.650. The van der Waals surface area contributed by atoms with Gasteiger partial charge >= 0.3 is 5.97 Å². The fourth-order valence-corrected chi connectivity index (χ4v) is 3.11. The SMILES string of the molecule is CN1CCC(N2CCCCC2CC(=O)O)C1. The van der Waals surface area contributed by atoms with Crippen molar-refractivity contribution in [1.29, 1.82) is 0 Å². The highest BCUT2D eigenvalue weighted by atomic mass is 16.4. The lowest BCUT2D eigenvalue weighted by Gasteiger charge is -2.39. The molecule has 0 aromatic carbocycles. The average Bonchev–Trinajstić information content (AvgIpc) is 2.65. The fourth-order valence-electron chi connectivity index (χ4n) is 3.11. The third-order valence-corrected chi connectivity index (χ3v) is 3.92. The Bertz CT molecular complexity index is 257. The van der Waals surface area contributed by atoms with Gasteiger partial charge in [-0.2, -0.15) is 0 Å². The van der Waals surface area contributed by atoms with Crippen molar-refractivity contribution in [3.05, 3.63) is 0 Å². The topological polar surface area (TPSA) is 43.8 Å². The molecule has 0 radical (unpaired) electrons. The molecule has 0 aromatic rings. The second-order valence-corrected chi connectivity index (χ2v) is 5.19. The standard InChI is InChI=1S/C12H22N2O2/c1-13-7-5-11(9-13)14-6-3-2-4-10(14)8-12(15)16/h10-11H,2-9H2,1H3,(H,15,16). The molecular formula is C12H22N2O2. The van der Waals surface area contributed by atoms with Gasteiger partial charge in [0.25, 0.3) is 0 Å². The lowest BCUT2D eigenvalue weighted by Crippen LogP contribution is -2.48. The van der Waals surface area contributed by atoms with E-state index in [-0.39, 0.29) is 6.04 Å². The maximum atomic E-state index is 10.9. The molecule has 4 heteroatoms. The van der Waals surface area contributed by atoms with Crippen LogP contribution in [-0.4, -0.2) is 59.6 Å². The number of aliphatic carboxylic acids is 1. The Balaban J connectivity index is 1.96. The minimum absolute atomic E-state index is 0.280. The first-order valence-electron chi connectivity index (χ1n) is 6.33. The number of carboxylic acids is 1. The van der Waals surface area contributed by atoms with E-state index in [1.165, 1.54) is 19.3 Å². The summed E-state index contributed by atoms with van der Waals surface area (Å²) < 4.78 is 0. The second kappa shape index (κ2) is 5.15. The number of carboxylic acid groups (broad SMARTS) is 1. The van der Waals surface area contributed by atoms with Gasteiger partial charge in [0.2, 0.25) is 0 Å². The van der Waals surface area contributed by atoms with Crippen LogP contribution in [0.2, 0.25) is 0 Å². The Morgan fingerprint density at radius 3 is 2.75 bits per heavy atom. The highest BCUT2D eigenvalue weighted by molar-refractivity contribution is 5.67. The second-order valence-electron chi connectivity index (χ2n) is 5.19.